The predicted octanol–water partition coefficient (Wildman–Crippen LogP) is 4.93. The highest BCUT2D eigenvalue weighted by Crippen LogP contribution is 2.39. The van der Waals surface area contributed by atoms with Gasteiger partial charge in [-0.15, -0.1) is 0 Å². The van der Waals surface area contributed by atoms with Crippen molar-refractivity contribution in [2.24, 2.45) is 7.05 Å². The van der Waals surface area contributed by atoms with Crippen LogP contribution in [0, 0.1) is 0 Å². The first-order chi connectivity index (χ1) is 11.2. The molecule has 1 unspecified atom stereocenters. The lowest BCUT2D eigenvalue weighted by molar-refractivity contribution is 0.219. The van der Waals surface area contributed by atoms with Gasteiger partial charge in [0.25, 0.3) is 0 Å². The summed E-state index contributed by atoms with van der Waals surface area (Å²) in [4.78, 5) is 0. The zero-order valence-corrected chi connectivity index (χ0v) is 13.9. The number of aromatic nitrogens is 2. The summed E-state index contributed by atoms with van der Waals surface area (Å²) >= 11 is 0. The maximum absolute atomic E-state index is 6.27. The molecule has 0 radical (unpaired) electrons. The van der Waals surface area contributed by atoms with Crippen LogP contribution in [-0.2, 0) is 7.05 Å². The third kappa shape index (κ3) is 3.14. The Morgan fingerprint density at radius 2 is 1.52 bits per heavy atom. The molecule has 3 aromatic rings. The molecule has 23 heavy (non-hydrogen) atoms. The van der Waals surface area contributed by atoms with Crippen molar-refractivity contribution in [1.82, 2.24) is 9.78 Å². The van der Waals surface area contributed by atoms with E-state index >= 15 is 0 Å². The van der Waals surface area contributed by atoms with Crippen LogP contribution in [-0.4, -0.2) is 15.9 Å². The number of hydrogen-bond donors (Lipinski definition) is 0. The summed E-state index contributed by atoms with van der Waals surface area (Å²) in [5, 5.41) is 4.74. The molecule has 0 aliphatic heterocycles. The smallest absolute Gasteiger partial charge is 0.173 e. The molecule has 0 spiro atoms. The fourth-order valence-corrected chi connectivity index (χ4v) is 2.60. The van der Waals surface area contributed by atoms with E-state index in [0.29, 0.717) is 0 Å². The summed E-state index contributed by atoms with van der Waals surface area (Å²) in [6, 6.07) is 20.5. The molecule has 1 heterocycles. The molecule has 118 valence electrons. The van der Waals surface area contributed by atoms with Gasteiger partial charge in [0.05, 0.1) is 6.10 Å². The molecule has 3 heteroatoms. The monoisotopic (exact) mass is 306 g/mol. The Hall–Kier alpha value is -2.55. The van der Waals surface area contributed by atoms with Crippen molar-refractivity contribution in [3.05, 3.63) is 60.7 Å². The molecule has 3 nitrogen and oxygen atoms in total. The van der Waals surface area contributed by atoms with Crippen molar-refractivity contribution in [2.45, 2.75) is 26.4 Å². The molecule has 2 aromatic carbocycles. The third-order valence-corrected chi connectivity index (χ3v) is 3.99. The highest BCUT2D eigenvalue weighted by molar-refractivity contribution is 5.78. The van der Waals surface area contributed by atoms with Crippen molar-refractivity contribution in [2.75, 3.05) is 0 Å². The Bertz CT molecular complexity index is 763. The van der Waals surface area contributed by atoms with Crippen LogP contribution >= 0.6 is 0 Å². The SMILES string of the molecule is CCC(C)Oc1c(-c2ccccc2)nn(C)c1-c1ccccc1. The number of aryl methyl sites for hydroxylation is 1. The van der Waals surface area contributed by atoms with Gasteiger partial charge in [0.2, 0.25) is 0 Å². The Morgan fingerprint density at radius 3 is 2.09 bits per heavy atom. The van der Waals surface area contributed by atoms with Crippen LogP contribution in [0.1, 0.15) is 20.3 Å². The first-order valence-electron chi connectivity index (χ1n) is 8.05. The lowest BCUT2D eigenvalue weighted by atomic mass is 10.1. The first-order valence-corrected chi connectivity index (χ1v) is 8.05. The van der Waals surface area contributed by atoms with E-state index in [1.165, 1.54) is 0 Å². The molecule has 1 atom stereocenters. The van der Waals surface area contributed by atoms with E-state index < -0.39 is 0 Å². The minimum atomic E-state index is 0.143. The number of hydrogen-bond acceptors (Lipinski definition) is 2. The summed E-state index contributed by atoms with van der Waals surface area (Å²) in [6.45, 7) is 4.22. The molecule has 0 N–H and O–H groups in total. The van der Waals surface area contributed by atoms with Crippen LogP contribution in [0.15, 0.2) is 60.7 Å². The summed E-state index contributed by atoms with van der Waals surface area (Å²) in [5.41, 5.74) is 4.10. The van der Waals surface area contributed by atoms with Crippen molar-refractivity contribution < 1.29 is 4.74 Å². The number of rotatable bonds is 5. The molecule has 0 saturated carbocycles. The van der Waals surface area contributed by atoms with Crippen LogP contribution in [0.25, 0.3) is 22.5 Å². The maximum Gasteiger partial charge on any atom is 0.173 e. The second-order valence-electron chi connectivity index (χ2n) is 5.72. The van der Waals surface area contributed by atoms with Gasteiger partial charge in [0, 0.05) is 18.2 Å². The Labute approximate surface area is 137 Å². The average molecular weight is 306 g/mol. The number of nitrogens with zero attached hydrogens (tertiary/aromatic N) is 2. The first kappa shape index (κ1) is 15.3. The van der Waals surface area contributed by atoms with Gasteiger partial charge in [0.15, 0.2) is 5.75 Å². The molecule has 1 aromatic heterocycles. The fourth-order valence-electron chi connectivity index (χ4n) is 2.60. The topological polar surface area (TPSA) is 27.1 Å². The molecular formula is C20H22N2O. The highest BCUT2D eigenvalue weighted by Gasteiger charge is 2.21. The van der Waals surface area contributed by atoms with Crippen LogP contribution in [0.5, 0.6) is 5.75 Å². The van der Waals surface area contributed by atoms with Gasteiger partial charge in [-0.3, -0.25) is 4.68 Å². The molecule has 0 bridgehead atoms. The Kier molecular flexibility index (Phi) is 4.47. The van der Waals surface area contributed by atoms with E-state index in [1.807, 2.05) is 48.1 Å². The Morgan fingerprint density at radius 1 is 0.957 bits per heavy atom. The molecule has 0 fully saturated rings. The van der Waals surface area contributed by atoms with Gasteiger partial charge >= 0.3 is 0 Å². The summed E-state index contributed by atoms with van der Waals surface area (Å²) in [5.74, 6) is 0.860. The van der Waals surface area contributed by atoms with E-state index in [2.05, 4.69) is 38.1 Å². The molecule has 0 aliphatic rings. The zero-order chi connectivity index (χ0) is 16.2. The van der Waals surface area contributed by atoms with Crippen LogP contribution in [0.4, 0.5) is 0 Å². The van der Waals surface area contributed by atoms with E-state index in [1.54, 1.807) is 0 Å². The van der Waals surface area contributed by atoms with Gasteiger partial charge in [0.1, 0.15) is 11.4 Å². The fraction of sp³-hybridized carbons (Fsp3) is 0.250. The Balaban J connectivity index is 2.17. The second-order valence-corrected chi connectivity index (χ2v) is 5.72. The number of ether oxygens (including phenoxy) is 1. The van der Waals surface area contributed by atoms with E-state index in [4.69, 9.17) is 9.84 Å². The summed E-state index contributed by atoms with van der Waals surface area (Å²) in [7, 11) is 1.97. The normalized spacial score (nSPS) is 12.1. The van der Waals surface area contributed by atoms with Gasteiger partial charge in [-0.1, -0.05) is 67.6 Å². The van der Waals surface area contributed by atoms with Gasteiger partial charge in [-0.05, 0) is 13.3 Å². The van der Waals surface area contributed by atoms with Crippen molar-refractivity contribution >= 4 is 0 Å². The van der Waals surface area contributed by atoms with Crippen molar-refractivity contribution in [1.29, 1.82) is 0 Å². The molecule has 0 aliphatic carbocycles. The van der Waals surface area contributed by atoms with E-state index in [9.17, 15) is 0 Å². The van der Waals surface area contributed by atoms with Crippen LogP contribution < -0.4 is 4.74 Å². The van der Waals surface area contributed by atoms with Gasteiger partial charge < -0.3 is 4.74 Å². The van der Waals surface area contributed by atoms with E-state index in [0.717, 1.165) is 34.7 Å². The third-order valence-electron chi connectivity index (χ3n) is 3.99. The van der Waals surface area contributed by atoms with Crippen LogP contribution in [0.3, 0.4) is 0 Å². The summed E-state index contributed by atoms with van der Waals surface area (Å²) < 4.78 is 8.18. The average Bonchev–Trinajstić information content (AvgIpc) is 2.92. The second kappa shape index (κ2) is 6.69. The molecule has 0 amide bonds. The predicted molar refractivity (Wildman–Crippen MR) is 94.5 cm³/mol. The quantitative estimate of drug-likeness (QED) is 0.668. The van der Waals surface area contributed by atoms with Gasteiger partial charge in [-0.2, -0.15) is 5.10 Å². The minimum absolute atomic E-state index is 0.143. The minimum Gasteiger partial charge on any atom is -0.486 e. The largest absolute Gasteiger partial charge is 0.486 e. The molecule has 0 saturated heterocycles. The molecular weight excluding hydrogens is 284 g/mol. The van der Waals surface area contributed by atoms with Crippen LogP contribution in [0.2, 0.25) is 0 Å². The number of benzene rings is 2. The standard InChI is InChI=1S/C20H22N2O/c1-4-15(2)23-20-18(16-11-7-5-8-12-16)21-22(3)19(20)17-13-9-6-10-14-17/h5-15H,4H2,1-3H3. The van der Waals surface area contributed by atoms with Gasteiger partial charge in [-0.25, -0.2) is 0 Å². The maximum atomic E-state index is 6.27. The highest BCUT2D eigenvalue weighted by atomic mass is 16.5. The lowest BCUT2D eigenvalue weighted by Crippen LogP contribution is -2.10. The molecule has 3 rings (SSSR count). The summed E-state index contributed by atoms with van der Waals surface area (Å²) in [6.07, 6.45) is 1.10. The zero-order valence-electron chi connectivity index (χ0n) is 13.9. The van der Waals surface area contributed by atoms with Crippen molar-refractivity contribution in [3.8, 4) is 28.3 Å². The lowest BCUT2D eigenvalue weighted by Gasteiger charge is -2.15. The van der Waals surface area contributed by atoms with Crippen molar-refractivity contribution in [3.63, 3.8) is 0 Å². The van der Waals surface area contributed by atoms with E-state index in [-0.39, 0.29) is 6.10 Å².